The van der Waals surface area contributed by atoms with Crippen LogP contribution in [0.25, 0.3) is 0 Å². The second-order valence-corrected chi connectivity index (χ2v) is 4.96. The van der Waals surface area contributed by atoms with Gasteiger partial charge in [0.15, 0.2) is 5.54 Å². The Labute approximate surface area is 124 Å². The third-order valence-electron chi connectivity index (χ3n) is 3.73. The lowest BCUT2D eigenvalue weighted by atomic mass is 9.83. The second-order valence-electron chi connectivity index (χ2n) is 4.96. The van der Waals surface area contributed by atoms with Gasteiger partial charge in [-0.25, -0.2) is 4.98 Å². The monoisotopic (exact) mass is 273 g/mol. The Morgan fingerprint density at radius 1 is 0.952 bits per heavy atom. The average Bonchev–Trinajstić information content (AvgIpc) is 2.98. The molecule has 21 heavy (non-hydrogen) atoms. The smallest absolute Gasteiger partial charge is 0.183 e. The van der Waals surface area contributed by atoms with E-state index in [1.54, 1.807) is 12.5 Å². The zero-order valence-corrected chi connectivity index (χ0v) is 11.8. The molecule has 0 radical (unpaired) electrons. The van der Waals surface area contributed by atoms with E-state index in [2.05, 4.69) is 11.1 Å². The average molecular weight is 273 g/mol. The first-order chi connectivity index (χ1) is 10.3. The molecule has 0 amide bonds. The number of benzene rings is 2. The summed E-state index contributed by atoms with van der Waals surface area (Å²) in [5.74, 6) is 0. The Balaban J connectivity index is 2.35. The van der Waals surface area contributed by atoms with Gasteiger partial charge in [0.1, 0.15) is 6.07 Å². The first kappa shape index (κ1) is 13.1. The Morgan fingerprint density at radius 2 is 1.48 bits per heavy atom. The van der Waals surface area contributed by atoms with Crippen LogP contribution in [-0.2, 0) is 5.54 Å². The molecule has 0 saturated heterocycles. The molecule has 3 nitrogen and oxygen atoms in total. The number of hydrogen-bond acceptors (Lipinski definition) is 2. The van der Waals surface area contributed by atoms with Crippen molar-refractivity contribution in [1.29, 1.82) is 5.26 Å². The van der Waals surface area contributed by atoms with Gasteiger partial charge in [-0.3, -0.25) is 0 Å². The summed E-state index contributed by atoms with van der Waals surface area (Å²) in [7, 11) is 0. The number of nitrogens with zero attached hydrogens (tertiary/aromatic N) is 3. The lowest BCUT2D eigenvalue weighted by Crippen LogP contribution is -2.35. The van der Waals surface area contributed by atoms with Crippen LogP contribution in [0.3, 0.4) is 0 Å². The maximum Gasteiger partial charge on any atom is 0.183 e. The molecule has 0 aliphatic heterocycles. The fourth-order valence-corrected chi connectivity index (χ4v) is 2.70. The fraction of sp³-hybridized carbons (Fsp3) is 0.111. The van der Waals surface area contributed by atoms with Gasteiger partial charge in [0, 0.05) is 11.9 Å². The van der Waals surface area contributed by atoms with E-state index in [1.165, 1.54) is 0 Å². The summed E-state index contributed by atoms with van der Waals surface area (Å²) in [6.07, 6.45) is 3.50. The number of aryl methyl sites for hydroxylation is 1. The third kappa shape index (κ3) is 2.02. The van der Waals surface area contributed by atoms with E-state index in [4.69, 9.17) is 0 Å². The molecule has 3 rings (SSSR count). The van der Waals surface area contributed by atoms with Crippen molar-refractivity contribution >= 4 is 0 Å². The molecular weight excluding hydrogens is 258 g/mol. The SMILES string of the molecule is Cc1cncn1C(C#N)(c1ccccc1)c1ccccc1. The van der Waals surface area contributed by atoms with Crippen molar-refractivity contribution in [3.05, 3.63) is 90.0 Å². The number of imidazole rings is 1. The van der Waals surface area contributed by atoms with E-state index in [1.807, 2.05) is 72.2 Å². The van der Waals surface area contributed by atoms with Crippen LogP contribution >= 0.6 is 0 Å². The minimum absolute atomic E-state index is 0.900. The summed E-state index contributed by atoms with van der Waals surface area (Å²) in [4.78, 5) is 4.20. The summed E-state index contributed by atoms with van der Waals surface area (Å²) in [5.41, 5.74) is 1.91. The van der Waals surface area contributed by atoms with Gasteiger partial charge >= 0.3 is 0 Å². The van der Waals surface area contributed by atoms with Crippen LogP contribution in [-0.4, -0.2) is 9.55 Å². The molecule has 0 atom stereocenters. The third-order valence-corrected chi connectivity index (χ3v) is 3.73. The normalized spacial score (nSPS) is 11.0. The number of nitriles is 1. The van der Waals surface area contributed by atoms with Crippen LogP contribution in [0.2, 0.25) is 0 Å². The summed E-state index contributed by atoms with van der Waals surface area (Å²) >= 11 is 0. The minimum atomic E-state index is -0.900. The molecule has 3 aromatic rings. The Bertz CT molecular complexity index is 727. The van der Waals surface area contributed by atoms with Gasteiger partial charge in [-0.05, 0) is 18.1 Å². The van der Waals surface area contributed by atoms with Crippen molar-refractivity contribution in [2.24, 2.45) is 0 Å². The molecule has 0 bridgehead atoms. The predicted molar refractivity (Wildman–Crippen MR) is 81.6 cm³/mol. The fourth-order valence-electron chi connectivity index (χ4n) is 2.70. The lowest BCUT2D eigenvalue weighted by molar-refractivity contribution is 0.535. The topological polar surface area (TPSA) is 41.6 Å². The van der Waals surface area contributed by atoms with Gasteiger partial charge < -0.3 is 4.57 Å². The van der Waals surface area contributed by atoms with Crippen molar-refractivity contribution in [1.82, 2.24) is 9.55 Å². The van der Waals surface area contributed by atoms with E-state index in [-0.39, 0.29) is 0 Å². The largest absolute Gasteiger partial charge is 0.308 e. The molecule has 1 heterocycles. The standard InChI is InChI=1S/C18H15N3/c1-15-12-20-14-21(15)18(13-19,16-8-4-2-5-9-16)17-10-6-3-7-11-17/h2-12,14H,1H3. The van der Waals surface area contributed by atoms with Gasteiger partial charge in [0.2, 0.25) is 0 Å². The summed E-state index contributed by atoms with van der Waals surface area (Å²) in [6.45, 7) is 1.96. The number of rotatable bonds is 3. The van der Waals surface area contributed by atoms with Crippen molar-refractivity contribution in [2.45, 2.75) is 12.5 Å². The van der Waals surface area contributed by atoms with Gasteiger partial charge in [-0.2, -0.15) is 5.26 Å². The first-order valence-corrected chi connectivity index (χ1v) is 6.81. The maximum absolute atomic E-state index is 10.1. The first-order valence-electron chi connectivity index (χ1n) is 6.81. The van der Waals surface area contributed by atoms with E-state index in [0.29, 0.717) is 0 Å². The molecule has 0 aliphatic rings. The molecular formula is C18H15N3. The molecule has 102 valence electrons. The zero-order chi connectivity index (χ0) is 14.7. The van der Waals surface area contributed by atoms with Crippen LogP contribution < -0.4 is 0 Å². The second kappa shape index (κ2) is 5.26. The van der Waals surface area contributed by atoms with Crippen molar-refractivity contribution in [2.75, 3.05) is 0 Å². The van der Waals surface area contributed by atoms with E-state index in [0.717, 1.165) is 16.8 Å². The molecule has 0 spiro atoms. The molecule has 0 fully saturated rings. The van der Waals surface area contributed by atoms with Crippen LogP contribution in [0.15, 0.2) is 73.2 Å². The van der Waals surface area contributed by atoms with E-state index >= 15 is 0 Å². The molecule has 3 heteroatoms. The molecule has 0 N–H and O–H groups in total. The highest BCUT2D eigenvalue weighted by Crippen LogP contribution is 2.34. The highest BCUT2D eigenvalue weighted by Gasteiger charge is 2.37. The van der Waals surface area contributed by atoms with Crippen LogP contribution in [0, 0.1) is 18.3 Å². The molecule has 0 saturated carbocycles. The Hall–Kier alpha value is -2.86. The van der Waals surface area contributed by atoms with Crippen molar-refractivity contribution in [3.8, 4) is 6.07 Å². The molecule has 0 aliphatic carbocycles. The van der Waals surface area contributed by atoms with Crippen LogP contribution in [0.5, 0.6) is 0 Å². The maximum atomic E-state index is 10.1. The summed E-state index contributed by atoms with van der Waals surface area (Å²) in [6, 6.07) is 22.2. The predicted octanol–water partition coefficient (Wildman–Crippen LogP) is 3.51. The van der Waals surface area contributed by atoms with Gasteiger partial charge in [0.25, 0.3) is 0 Å². The van der Waals surface area contributed by atoms with E-state index in [9.17, 15) is 5.26 Å². The van der Waals surface area contributed by atoms with Crippen LogP contribution in [0.1, 0.15) is 16.8 Å². The quantitative estimate of drug-likeness (QED) is 0.732. The lowest BCUT2D eigenvalue weighted by Gasteiger charge is -2.30. The molecule has 2 aromatic carbocycles. The van der Waals surface area contributed by atoms with Crippen LogP contribution in [0.4, 0.5) is 0 Å². The van der Waals surface area contributed by atoms with Gasteiger partial charge in [-0.1, -0.05) is 60.7 Å². The Morgan fingerprint density at radius 3 is 1.86 bits per heavy atom. The Kier molecular flexibility index (Phi) is 3.29. The molecule has 1 aromatic heterocycles. The highest BCUT2D eigenvalue weighted by atomic mass is 15.1. The number of hydrogen-bond donors (Lipinski definition) is 0. The van der Waals surface area contributed by atoms with Gasteiger partial charge in [0.05, 0.1) is 6.33 Å². The highest BCUT2D eigenvalue weighted by molar-refractivity contribution is 5.46. The number of aromatic nitrogens is 2. The van der Waals surface area contributed by atoms with Gasteiger partial charge in [-0.15, -0.1) is 0 Å². The van der Waals surface area contributed by atoms with E-state index < -0.39 is 5.54 Å². The summed E-state index contributed by atoms with van der Waals surface area (Å²) in [5, 5.41) is 10.1. The molecule has 0 unspecified atom stereocenters. The minimum Gasteiger partial charge on any atom is -0.308 e. The van der Waals surface area contributed by atoms with Crippen molar-refractivity contribution in [3.63, 3.8) is 0 Å². The zero-order valence-electron chi connectivity index (χ0n) is 11.8. The summed E-state index contributed by atoms with van der Waals surface area (Å²) < 4.78 is 1.93. The van der Waals surface area contributed by atoms with Crippen molar-refractivity contribution < 1.29 is 0 Å².